The lowest BCUT2D eigenvalue weighted by atomic mass is 10.0. The van der Waals surface area contributed by atoms with Gasteiger partial charge in [-0.25, -0.2) is 4.79 Å². The van der Waals surface area contributed by atoms with Crippen molar-refractivity contribution in [2.45, 2.75) is 82.3 Å². The summed E-state index contributed by atoms with van der Waals surface area (Å²) in [7, 11) is 0. The van der Waals surface area contributed by atoms with E-state index in [0.717, 1.165) is 44.4 Å². The highest BCUT2D eigenvalue weighted by Gasteiger charge is 2.37. The molecular formula is C18H33N3O2. The van der Waals surface area contributed by atoms with Crippen molar-refractivity contribution in [3.8, 4) is 0 Å². The van der Waals surface area contributed by atoms with Crippen LogP contribution >= 0.6 is 0 Å². The zero-order valence-electron chi connectivity index (χ0n) is 14.3. The molecule has 1 saturated carbocycles. The molecule has 0 bridgehead atoms. The first-order chi connectivity index (χ1) is 11.2. The summed E-state index contributed by atoms with van der Waals surface area (Å²) in [5.74, 6) is 0.927. The van der Waals surface area contributed by atoms with Crippen LogP contribution in [0, 0.1) is 5.92 Å². The molecule has 1 aliphatic carbocycles. The highest BCUT2D eigenvalue weighted by Crippen LogP contribution is 2.35. The van der Waals surface area contributed by atoms with E-state index in [1.54, 1.807) is 0 Å². The quantitative estimate of drug-likeness (QED) is 0.694. The molecule has 4 unspecified atom stereocenters. The summed E-state index contributed by atoms with van der Waals surface area (Å²) >= 11 is 0. The Kier molecular flexibility index (Phi) is 6.17. The number of carboxylic acid groups (broad SMARTS) is 1. The maximum absolute atomic E-state index is 11.1. The highest BCUT2D eigenvalue weighted by molar-refractivity contribution is 5.64. The normalized spacial score (nSPS) is 37.0. The minimum Gasteiger partial charge on any atom is -0.465 e. The Morgan fingerprint density at radius 2 is 1.83 bits per heavy atom. The Morgan fingerprint density at radius 3 is 2.65 bits per heavy atom. The monoisotopic (exact) mass is 323 g/mol. The van der Waals surface area contributed by atoms with Crippen molar-refractivity contribution in [1.82, 2.24) is 15.5 Å². The van der Waals surface area contributed by atoms with E-state index in [4.69, 9.17) is 5.11 Å². The number of rotatable bonds is 1. The molecule has 2 saturated heterocycles. The van der Waals surface area contributed by atoms with E-state index in [2.05, 4.69) is 15.5 Å². The average molecular weight is 323 g/mol. The third-order valence-electron chi connectivity index (χ3n) is 5.95. The molecule has 132 valence electrons. The topological polar surface area (TPSA) is 64.6 Å². The minimum absolute atomic E-state index is 0.0897. The summed E-state index contributed by atoms with van der Waals surface area (Å²) < 4.78 is 0. The summed E-state index contributed by atoms with van der Waals surface area (Å²) in [6.07, 6.45) is 11.8. The first-order valence-corrected chi connectivity index (χ1v) is 9.69. The Labute approximate surface area is 140 Å². The average Bonchev–Trinajstić information content (AvgIpc) is 3.11. The van der Waals surface area contributed by atoms with Crippen LogP contribution < -0.4 is 10.6 Å². The van der Waals surface area contributed by atoms with Crippen LogP contribution in [0.15, 0.2) is 0 Å². The van der Waals surface area contributed by atoms with E-state index < -0.39 is 6.09 Å². The number of nitrogens with one attached hydrogen (secondary N) is 2. The van der Waals surface area contributed by atoms with E-state index >= 15 is 0 Å². The van der Waals surface area contributed by atoms with Gasteiger partial charge in [0.1, 0.15) is 0 Å². The van der Waals surface area contributed by atoms with Crippen LogP contribution in [0.25, 0.3) is 0 Å². The Hall–Kier alpha value is -0.810. The van der Waals surface area contributed by atoms with Crippen molar-refractivity contribution in [2.24, 2.45) is 5.92 Å². The second-order valence-electron chi connectivity index (χ2n) is 7.79. The fourth-order valence-corrected chi connectivity index (χ4v) is 4.47. The maximum Gasteiger partial charge on any atom is 0.404 e. The second kappa shape index (κ2) is 8.34. The molecule has 4 atom stereocenters. The van der Waals surface area contributed by atoms with Crippen molar-refractivity contribution in [3.05, 3.63) is 0 Å². The van der Waals surface area contributed by atoms with E-state index in [0.29, 0.717) is 6.04 Å². The first-order valence-electron chi connectivity index (χ1n) is 9.69. The molecule has 5 heteroatoms. The van der Waals surface area contributed by atoms with Gasteiger partial charge in [-0.1, -0.05) is 32.1 Å². The zero-order valence-corrected chi connectivity index (χ0v) is 14.3. The van der Waals surface area contributed by atoms with Gasteiger partial charge in [0.25, 0.3) is 0 Å². The van der Waals surface area contributed by atoms with Crippen LogP contribution in [0.5, 0.6) is 0 Å². The van der Waals surface area contributed by atoms with Gasteiger partial charge in [-0.15, -0.1) is 0 Å². The molecule has 0 spiro atoms. The molecule has 0 aromatic carbocycles. The zero-order chi connectivity index (χ0) is 16.1. The first kappa shape index (κ1) is 17.0. The van der Waals surface area contributed by atoms with Crippen molar-refractivity contribution in [3.63, 3.8) is 0 Å². The van der Waals surface area contributed by atoms with Gasteiger partial charge in [-0.05, 0) is 44.6 Å². The van der Waals surface area contributed by atoms with Crippen molar-refractivity contribution >= 4 is 6.09 Å². The minimum atomic E-state index is -0.873. The number of carbonyl (C=O) groups is 1. The van der Waals surface area contributed by atoms with Gasteiger partial charge in [0.15, 0.2) is 0 Å². The van der Waals surface area contributed by atoms with Crippen LogP contribution in [-0.2, 0) is 0 Å². The van der Waals surface area contributed by atoms with Gasteiger partial charge < -0.3 is 15.7 Å². The molecule has 1 amide bonds. The van der Waals surface area contributed by atoms with Crippen LogP contribution in [0.1, 0.15) is 64.2 Å². The van der Waals surface area contributed by atoms with E-state index in [-0.39, 0.29) is 6.04 Å². The van der Waals surface area contributed by atoms with Crippen LogP contribution in [0.4, 0.5) is 4.79 Å². The fraction of sp³-hybridized carbons (Fsp3) is 0.944. The van der Waals surface area contributed by atoms with Gasteiger partial charge in [0.05, 0.1) is 0 Å². The van der Waals surface area contributed by atoms with Gasteiger partial charge in [0.2, 0.25) is 0 Å². The van der Waals surface area contributed by atoms with Gasteiger partial charge >= 0.3 is 6.09 Å². The largest absolute Gasteiger partial charge is 0.465 e. The van der Waals surface area contributed by atoms with E-state index in [1.165, 1.54) is 51.4 Å². The molecule has 2 aliphatic heterocycles. The predicted octanol–water partition coefficient (Wildman–Crippen LogP) is 2.81. The lowest BCUT2D eigenvalue weighted by Crippen LogP contribution is -2.47. The molecule has 23 heavy (non-hydrogen) atoms. The van der Waals surface area contributed by atoms with Crippen molar-refractivity contribution in [2.75, 3.05) is 19.6 Å². The summed E-state index contributed by atoms with van der Waals surface area (Å²) in [5.41, 5.74) is 0. The molecule has 3 fully saturated rings. The Balaban J connectivity index is 1.56. The molecule has 3 rings (SSSR count). The van der Waals surface area contributed by atoms with Crippen LogP contribution in [-0.4, -0.2) is 53.9 Å². The molecule has 0 radical (unpaired) electrons. The SMILES string of the molecule is O=C(O)NC1CCCCCCCC2CC2NCC2CCCN2C1. The summed E-state index contributed by atoms with van der Waals surface area (Å²) in [6.45, 7) is 3.09. The molecule has 0 aromatic heterocycles. The van der Waals surface area contributed by atoms with E-state index in [1.807, 2.05) is 0 Å². The smallest absolute Gasteiger partial charge is 0.404 e. The highest BCUT2D eigenvalue weighted by atomic mass is 16.4. The Bertz CT molecular complexity index is 390. The standard InChI is InChI=1S/C18H33N3O2/c22-18(23)20-15-8-5-3-1-2-4-7-14-11-17(14)19-12-16-9-6-10-21(16)13-15/h14-17,19-20H,1-13H2,(H,22,23). The fourth-order valence-electron chi connectivity index (χ4n) is 4.47. The number of hydrogen-bond donors (Lipinski definition) is 3. The summed E-state index contributed by atoms with van der Waals surface area (Å²) in [6, 6.07) is 1.45. The number of fused-ring (bicyclic) bond motifs is 2. The summed E-state index contributed by atoms with van der Waals surface area (Å²) in [4.78, 5) is 13.6. The molecule has 3 N–H and O–H groups in total. The molecule has 0 aromatic rings. The van der Waals surface area contributed by atoms with Gasteiger partial charge in [0, 0.05) is 31.2 Å². The lowest BCUT2D eigenvalue weighted by Gasteiger charge is -2.29. The second-order valence-corrected chi connectivity index (χ2v) is 7.79. The molecule has 2 heterocycles. The maximum atomic E-state index is 11.1. The number of hydrogen-bond acceptors (Lipinski definition) is 3. The number of nitrogens with zero attached hydrogens (tertiary/aromatic N) is 1. The van der Waals surface area contributed by atoms with Gasteiger partial charge in [-0.2, -0.15) is 0 Å². The molecular weight excluding hydrogens is 290 g/mol. The summed E-state index contributed by atoms with van der Waals surface area (Å²) in [5, 5.41) is 15.6. The van der Waals surface area contributed by atoms with Crippen molar-refractivity contribution < 1.29 is 9.90 Å². The van der Waals surface area contributed by atoms with Crippen molar-refractivity contribution in [1.29, 1.82) is 0 Å². The van der Waals surface area contributed by atoms with Gasteiger partial charge in [-0.3, -0.25) is 4.90 Å². The molecule has 3 aliphatic rings. The lowest BCUT2D eigenvalue weighted by molar-refractivity contribution is 0.174. The number of amides is 1. The predicted molar refractivity (Wildman–Crippen MR) is 91.8 cm³/mol. The Morgan fingerprint density at radius 1 is 1.04 bits per heavy atom. The van der Waals surface area contributed by atoms with Crippen LogP contribution in [0.3, 0.4) is 0 Å². The van der Waals surface area contributed by atoms with Crippen LogP contribution in [0.2, 0.25) is 0 Å². The van der Waals surface area contributed by atoms with E-state index in [9.17, 15) is 4.79 Å². The molecule has 5 nitrogen and oxygen atoms in total. The third kappa shape index (κ3) is 5.35. The third-order valence-corrected chi connectivity index (χ3v) is 5.95.